The van der Waals surface area contributed by atoms with Gasteiger partial charge in [-0.3, -0.25) is 9.36 Å². The number of nitrogens with zero attached hydrogens (tertiary/aromatic N) is 2. The lowest BCUT2D eigenvalue weighted by Gasteiger charge is -2.30. The average Bonchev–Trinajstić information content (AvgIpc) is 3.10. The van der Waals surface area contributed by atoms with Crippen molar-refractivity contribution in [3.63, 3.8) is 0 Å². The molecule has 1 atom stereocenters. The molecule has 0 bridgehead atoms. The first-order valence-corrected chi connectivity index (χ1v) is 9.88. The molecule has 6 heteroatoms. The van der Waals surface area contributed by atoms with E-state index in [1.165, 1.54) is 32.1 Å². The van der Waals surface area contributed by atoms with E-state index < -0.39 is 5.91 Å². The molecule has 1 aliphatic carbocycles. The topological polar surface area (TPSA) is 90.0 Å². The number of aromatic nitrogens is 2. The van der Waals surface area contributed by atoms with Gasteiger partial charge in [0, 0.05) is 18.4 Å². The Morgan fingerprint density at radius 3 is 2.85 bits per heavy atom. The molecular weight excluding hydrogens is 340 g/mol. The van der Waals surface area contributed by atoms with Crippen LogP contribution < -0.4 is 11.1 Å². The van der Waals surface area contributed by atoms with Gasteiger partial charge in [-0.15, -0.1) is 0 Å². The summed E-state index contributed by atoms with van der Waals surface area (Å²) in [5, 5.41) is 3.50. The molecule has 6 nitrogen and oxygen atoms in total. The van der Waals surface area contributed by atoms with Crippen LogP contribution in [0.5, 0.6) is 0 Å². The summed E-state index contributed by atoms with van der Waals surface area (Å²) in [6.07, 6.45) is 11.5. The number of nitrogens with two attached hydrogens (primary N) is 1. The first kappa shape index (κ1) is 17.8. The zero-order valence-corrected chi connectivity index (χ0v) is 15.5. The molecule has 2 aromatic rings. The second-order valence-electron chi connectivity index (χ2n) is 7.68. The van der Waals surface area contributed by atoms with Crippen LogP contribution in [0.3, 0.4) is 0 Å². The number of amides is 1. The van der Waals surface area contributed by atoms with Crippen LogP contribution in [0.2, 0.25) is 0 Å². The van der Waals surface area contributed by atoms with Crippen LogP contribution in [0.25, 0.3) is 5.69 Å². The number of nitrogens with one attached hydrogen (secondary N) is 1. The molecule has 1 aromatic carbocycles. The zero-order valence-electron chi connectivity index (χ0n) is 15.5. The molecule has 0 radical (unpaired) electrons. The number of anilines is 1. The first-order chi connectivity index (χ1) is 13.2. The summed E-state index contributed by atoms with van der Waals surface area (Å²) in [5.41, 5.74) is 8.92. The smallest absolute Gasteiger partial charge is 0.248 e. The molecule has 27 heavy (non-hydrogen) atoms. The van der Waals surface area contributed by atoms with Crippen LogP contribution in [-0.4, -0.2) is 21.7 Å². The van der Waals surface area contributed by atoms with Crippen LogP contribution in [0.1, 0.15) is 72.9 Å². The van der Waals surface area contributed by atoms with E-state index >= 15 is 0 Å². The highest BCUT2D eigenvalue weighted by atomic mass is 16.1. The van der Waals surface area contributed by atoms with Crippen LogP contribution in [0, 0.1) is 5.92 Å². The van der Waals surface area contributed by atoms with Gasteiger partial charge >= 0.3 is 0 Å². The van der Waals surface area contributed by atoms with Crippen LogP contribution in [0.4, 0.5) is 5.69 Å². The number of carbonyl (C=O) groups is 2. The molecule has 2 heterocycles. The Balaban J connectivity index is 1.74. The molecule has 4 rings (SSSR count). The van der Waals surface area contributed by atoms with E-state index in [1.807, 2.05) is 18.3 Å². The fourth-order valence-corrected chi connectivity index (χ4v) is 4.43. The summed E-state index contributed by atoms with van der Waals surface area (Å²) in [5.74, 6) is 1.27. The lowest BCUT2D eigenvalue weighted by Crippen LogP contribution is -2.24. The van der Waals surface area contributed by atoms with Gasteiger partial charge in [0.25, 0.3) is 0 Å². The summed E-state index contributed by atoms with van der Waals surface area (Å²) in [6.45, 7) is 0. The van der Waals surface area contributed by atoms with E-state index in [-0.39, 0.29) is 6.04 Å². The third-order valence-corrected chi connectivity index (χ3v) is 5.84. The maximum atomic E-state index is 11.7. The maximum absolute atomic E-state index is 11.7. The van der Waals surface area contributed by atoms with Crippen molar-refractivity contribution in [1.82, 2.24) is 9.55 Å². The fraction of sp³-hybridized carbons (Fsp3) is 0.476. The Labute approximate surface area is 159 Å². The number of hydrogen-bond donors (Lipinski definition) is 2. The summed E-state index contributed by atoms with van der Waals surface area (Å²) in [7, 11) is 0. The monoisotopic (exact) mass is 366 g/mol. The maximum Gasteiger partial charge on any atom is 0.248 e. The Morgan fingerprint density at radius 2 is 2.11 bits per heavy atom. The van der Waals surface area contributed by atoms with Crippen molar-refractivity contribution in [3.05, 3.63) is 41.5 Å². The molecule has 1 aliphatic heterocycles. The number of fused-ring (bicyclic) bond motifs is 3. The van der Waals surface area contributed by atoms with Gasteiger partial charge in [-0.2, -0.15) is 0 Å². The lowest BCUT2D eigenvalue weighted by atomic mass is 9.87. The van der Waals surface area contributed by atoms with Gasteiger partial charge in [-0.1, -0.05) is 32.1 Å². The highest BCUT2D eigenvalue weighted by Crippen LogP contribution is 2.38. The zero-order chi connectivity index (χ0) is 18.8. The van der Waals surface area contributed by atoms with Crippen molar-refractivity contribution >= 4 is 17.9 Å². The molecule has 1 amide bonds. The molecule has 1 saturated carbocycles. The minimum absolute atomic E-state index is 0.0368. The number of aldehydes is 1. The quantitative estimate of drug-likeness (QED) is 0.765. The lowest BCUT2D eigenvalue weighted by molar-refractivity contribution is -0.108. The minimum Gasteiger partial charge on any atom is -0.375 e. The average molecular weight is 366 g/mol. The summed E-state index contributed by atoms with van der Waals surface area (Å²) in [4.78, 5) is 27.3. The number of rotatable bonds is 6. The van der Waals surface area contributed by atoms with Gasteiger partial charge in [-0.05, 0) is 30.5 Å². The number of imidazole rings is 1. The standard InChI is InChI=1S/C21H26N4O2/c22-21(27)15-8-9-17-18(12-15)25-19(16(24-17)7-4-10-26)13-23-20(25)11-14-5-2-1-3-6-14/h8-10,12-14,16,24H,1-7,11H2,(H2,22,27). The Kier molecular flexibility index (Phi) is 4.97. The Hall–Kier alpha value is -2.63. The molecule has 0 spiro atoms. The van der Waals surface area contributed by atoms with Crippen molar-refractivity contribution < 1.29 is 9.59 Å². The van der Waals surface area contributed by atoms with Crippen molar-refractivity contribution in [2.75, 3.05) is 5.32 Å². The molecular formula is C21H26N4O2. The van der Waals surface area contributed by atoms with Gasteiger partial charge in [-0.25, -0.2) is 4.98 Å². The highest BCUT2D eigenvalue weighted by Gasteiger charge is 2.28. The Morgan fingerprint density at radius 1 is 1.30 bits per heavy atom. The number of primary amides is 1. The highest BCUT2D eigenvalue weighted by molar-refractivity contribution is 5.94. The van der Waals surface area contributed by atoms with Gasteiger partial charge in [0.15, 0.2) is 0 Å². The predicted octanol–water partition coefficient (Wildman–Crippen LogP) is 3.54. The molecule has 2 aliphatic rings. The van der Waals surface area contributed by atoms with E-state index in [4.69, 9.17) is 10.7 Å². The van der Waals surface area contributed by atoms with Crippen molar-refractivity contribution in [3.8, 4) is 5.69 Å². The third kappa shape index (κ3) is 3.48. The molecule has 1 aromatic heterocycles. The number of carbonyl (C=O) groups excluding carboxylic acids is 2. The molecule has 142 valence electrons. The summed E-state index contributed by atoms with van der Waals surface area (Å²) >= 11 is 0. The van der Waals surface area contributed by atoms with Crippen LogP contribution in [-0.2, 0) is 11.2 Å². The van der Waals surface area contributed by atoms with Gasteiger partial charge < -0.3 is 15.8 Å². The molecule has 3 N–H and O–H groups in total. The SMILES string of the molecule is NC(=O)c1ccc2c(c1)-n1c(cnc1CC1CCCCC1)C(CCC=O)N2. The third-order valence-electron chi connectivity index (χ3n) is 5.84. The van der Waals surface area contributed by atoms with Gasteiger partial charge in [0.05, 0.1) is 29.3 Å². The number of hydrogen-bond acceptors (Lipinski definition) is 4. The summed E-state index contributed by atoms with van der Waals surface area (Å²) in [6, 6.07) is 5.52. The molecule has 1 unspecified atom stereocenters. The predicted molar refractivity (Wildman–Crippen MR) is 104 cm³/mol. The number of benzene rings is 1. The van der Waals surface area contributed by atoms with E-state index in [1.54, 1.807) is 6.07 Å². The van der Waals surface area contributed by atoms with E-state index in [0.29, 0.717) is 17.9 Å². The van der Waals surface area contributed by atoms with Crippen molar-refractivity contribution in [2.24, 2.45) is 11.7 Å². The fourth-order valence-electron chi connectivity index (χ4n) is 4.43. The molecule has 1 fully saturated rings. The van der Waals surface area contributed by atoms with Crippen molar-refractivity contribution in [2.45, 2.75) is 57.4 Å². The Bertz CT molecular complexity index is 852. The largest absolute Gasteiger partial charge is 0.375 e. The van der Waals surface area contributed by atoms with E-state index in [2.05, 4.69) is 9.88 Å². The second-order valence-corrected chi connectivity index (χ2v) is 7.68. The van der Waals surface area contributed by atoms with Gasteiger partial charge in [0.1, 0.15) is 12.1 Å². The van der Waals surface area contributed by atoms with Crippen molar-refractivity contribution in [1.29, 1.82) is 0 Å². The van der Waals surface area contributed by atoms with Gasteiger partial charge in [0.2, 0.25) is 5.91 Å². The second kappa shape index (κ2) is 7.55. The summed E-state index contributed by atoms with van der Waals surface area (Å²) < 4.78 is 2.18. The first-order valence-electron chi connectivity index (χ1n) is 9.88. The minimum atomic E-state index is -0.434. The van der Waals surface area contributed by atoms with Crippen LogP contribution >= 0.6 is 0 Å². The molecule has 0 saturated heterocycles. The van der Waals surface area contributed by atoms with E-state index in [0.717, 1.165) is 42.0 Å². The van der Waals surface area contributed by atoms with E-state index in [9.17, 15) is 9.59 Å². The van der Waals surface area contributed by atoms with Crippen LogP contribution in [0.15, 0.2) is 24.4 Å². The normalized spacial score (nSPS) is 19.0.